The fourth-order valence-corrected chi connectivity index (χ4v) is 5.70. The van der Waals surface area contributed by atoms with Crippen LogP contribution in [0.2, 0.25) is 0 Å². The first-order valence-electron chi connectivity index (χ1n) is 13.4. The van der Waals surface area contributed by atoms with Crippen LogP contribution in [0.4, 0.5) is 5.82 Å². The Morgan fingerprint density at radius 1 is 1.00 bits per heavy atom. The minimum absolute atomic E-state index is 0.0774. The van der Waals surface area contributed by atoms with Crippen LogP contribution >= 0.6 is 0 Å². The third-order valence-corrected chi connectivity index (χ3v) is 7.87. The first kappa shape index (κ1) is 26.0. The molecule has 1 saturated heterocycles. The molecule has 36 heavy (non-hydrogen) atoms. The van der Waals surface area contributed by atoms with E-state index in [1.165, 1.54) is 24.8 Å². The molecule has 7 nitrogen and oxygen atoms in total. The minimum Gasteiger partial charge on any atom is -0.353 e. The highest BCUT2D eigenvalue weighted by Gasteiger charge is 2.27. The third kappa shape index (κ3) is 6.36. The molecule has 2 aromatic rings. The van der Waals surface area contributed by atoms with E-state index in [1.54, 1.807) is 0 Å². The molecule has 2 amide bonds. The van der Waals surface area contributed by atoms with Gasteiger partial charge in [-0.25, -0.2) is 0 Å². The number of carbonyl (C=O) groups excluding carboxylic acids is 2. The number of benzene rings is 1. The monoisotopic (exact) mass is 489 g/mol. The highest BCUT2D eigenvalue weighted by atomic mass is 16.2. The Hall–Kier alpha value is -3.11. The van der Waals surface area contributed by atoms with Gasteiger partial charge < -0.3 is 15.2 Å². The summed E-state index contributed by atoms with van der Waals surface area (Å²) in [6.07, 6.45) is 8.73. The second-order valence-corrected chi connectivity index (χ2v) is 10.4. The van der Waals surface area contributed by atoms with Crippen LogP contribution in [-0.2, 0) is 16.0 Å². The first-order valence-corrected chi connectivity index (χ1v) is 13.4. The molecule has 4 rings (SSSR count). The number of nitrogens with one attached hydrogen (secondary N) is 2. The number of carbonyl (C=O) groups is 2. The summed E-state index contributed by atoms with van der Waals surface area (Å²) >= 11 is 0. The van der Waals surface area contributed by atoms with E-state index in [0.29, 0.717) is 30.4 Å². The molecule has 2 N–H and O–H groups in total. The first-order chi connectivity index (χ1) is 17.5. The summed E-state index contributed by atoms with van der Waals surface area (Å²) in [5.41, 5.74) is 3.80. The normalized spacial score (nSPS) is 17.5. The van der Waals surface area contributed by atoms with Gasteiger partial charge in [-0.1, -0.05) is 49.6 Å². The van der Waals surface area contributed by atoms with E-state index in [2.05, 4.69) is 33.1 Å². The maximum Gasteiger partial charge on any atom is 0.239 e. The maximum absolute atomic E-state index is 13.0. The molecular formula is C29H39N5O2. The lowest BCUT2D eigenvalue weighted by Gasteiger charge is -2.32. The molecule has 2 fully saturated rings. The molecule has 0 spiro atoms. The van der Waals surface area contributed by atoms with Gasteiger partial charge in [0.15, 0.2) is 0 Å². The molecule has 1 aliphatic carbocycles. The molecule has 0 atom stereocenters. The molecular weight excluding hydrogens is 450 g/mol. The van der Waals surface area contributed by atoms with Crippen LogP contribution in [0.1, 0.15) is 79.8 Å². The second-order valence-electron chi connectivity index (χ2n) is 10.4. The van der Waals surface area contributed by atoms with Crippen LogP contribution in [-0.4, -0.2) is 47.0 Å². The van der Waals surface area contributed by atoms with Crippen LogP contribution in [0.15, 0.2) is 30.3 Å². The van der Waals surface area contributed by atoms with Gasteiger partial charge in [-0.15, -0.1) is 0 Å². The number of nitriles is 1. The van der Waals surface area contributed by atoms with Gasteiger partial charge in [-0.2, -0.15) is 5.26 Å². The highest BCUT2D eigenvalue weighted by molar-refractivity contribution is 5.93. The summed E-state index contributed by atoms with van der Waals surface area (Å²) in [4.78, 5) is 27.6. The Bertz CT molecular complexity index is 1090. The van der Waals surface area contributed by atoms with E-state index < -0.39 is 0 Å². The topological polar surface area (TPSA) is 90.2 Å². The lowest BCUT2D eigenvalue weighted by molar-refractivity contribution is -0.122. The van der Waals surface area contributed by atoms with Crippen LogP contribution in [0.25, 0.3) is 0 Å². The Kier molecular flexibility index (Phi) is 8.82. The van der Waals surface area contributed by atoms with Gasteiger partial charge in [0.1, 0.15) is 11.9 Å². The van der Waals surface area contributed by atoms with Crippen molar-refractivity contribution in [3.63, 3.8) is 0 Å². The van der Waals surface area contributed by atoms with E-state index >= 15 is 0 Å². The summed E-state index contributed by atoms with van der Waals surface area (Å²) in [7, 11) is 0. The Balaban J connectivity index is 1.27. The van der Waals surface area contributed by atoms with Crippen LogP contribution in [0.5, 0.6) is 0 Å². The number of anilines is 1. The number of rotatable bonds is 8. The molecule has 1 aromatic carbocycles. The van der Waals surface area contributed by atoms with Gasteiger partial charge in [-0.05, 0) is 57.1 Å². The summed E-state index contributed by atoms with van der Waals surface area (Å²) < 4.78 is 2.21. The van der Waals surface area contributed by atoms with E-state index in [9.17, 15) is 14.9 Å². The number of likely N-dealkylation sites (tertiary alicyclic amines) is 1. The lowest BCUT2D eigenvalue weighted by atomic mass is 9.95. The fraction of sp³-hybridized carbons (Fsp3) is 0.552. The summed E-state index contributed by atoms with van der Waals surface area (Å²) in [6.45, 7) is 5.86. The van der Waals surface area contributed by atoms with Gasteiger partial charge in [0, 0.05) is 37.3 Å². The number of amides is 2. The third-order valence-electron chi connectivity index (χ3n) is 7.87. The maximum atomic E-state index is 13.0. The molecule has 2 heterocycles. The number of aryl methyl sites for hydroxylation is 1. The Labute approximate surface area is 214 Å². The second kappa shape index (κ2) is 12.2. The number of aromatic nitrogens is 1. The number of hydrogen-bond acceptors (Lipinski definition) is 4. The van der Waals surface area contributed by atoms with Crippen molar-refractivity contribution in [3.8, 4) is 6.07 Å². The van der Waals surface area contributed by atoms with Crippen molar-refractivity contribution in [1.29, 1.82) is 5.26 Å². The van der Waals surface area contributed by atoms with Crippen molar-refractivity contribution in [3.05, 3.63) is 52.7 Å². The van der Waals surface area contributed by atoms with Crippen LogP contribution in [0, 0.1) is 25.2 Å². The predicted octanol–water partition coefficient (Wildman–Crippen LogP) is 4.63. The summed E-state index contributed by atoms with van der Waals surface area (Å²) in [5.74, 6) is 0.685. The van der Waals surface area contributed by atoms with Crippen LogP contribution < -0.4 is 10.6 Å². The van der Waals surface area contributed by atoms with Gasteiger partial charge in [-0.3, -0.25) is 14.5 Å². The average Bonchev–Trinajstić information content (AvgIpc) is 3.13. The molecule has 2 aliphatic rings. The molecule has 0 unspecified atom stereocenters. The average molecular weight is 490 g/mol. The van der Waals surface area contributed by atoms with Gasteiger partial charge >= 0.3 is 0 Å². The van der Waals surface area contributed by atoms with E-state index in [-0.39, 0.29) is 17.9 Å². The predicted molar refractivity (Wildman–Crippen MR) is 142 cm³/mol. The molecule has 192 valence electrons. The molecule has 1 aromatic heterocycles. The highest BCUT2D eigenvalue weighted by Crippen LogP contribution is 2.36. The Morgan fingerprint density at radius 3 is 2.36 bits per heavy atom. The number of hydrogen-bond donors (Lipinski definition) is 2. The summed E-state index contributed by atoms with van der Waals surface area (Å²) in [5, 5.41) is 16.1. The largest absolute Gasteiger partial charge is 0.353 e. The zero-order valence-electron chi connectivity index (χ0n) is 21.7. The van der Waals surface area contributed by atoms with Gasteiger partial charge in [0.05, 0.1) is 12.1 Å². The fourth-order valence-electron chi connectivity index (χ4n) is 5.70. The Morgan fingerprint density at radius 2 is 1.69 bits per heavy atom. The molecule has 1 aliphatic heterocycles. The van der Waals surface area contributed by atoms with Crippen LogP contribution in [0.3, 0.4) is 0 Å². The van der Waals surface area contributed by atoms with Crippen molar-refractivity contribution in [2.45, 2.75) is 83.7 Å². The van der Waals surface area contributed by atoms with Crippen molar-refractivity contribution >= 4 is 17.6 Å². The van der Waals surface area contributed by atoms with Gasteiger partial charge in [0.2, 0.25) is 11.8 Å². The molecule has 0 bridgehead atoms. The van der Waals surface area contributed by atoms with Gasteiger partial charge in [0.25, 0.3) is 0 Å². The van der Waals surface area contributed by atoms with E-state index in [0.717, 1.165) is 56.5 Å². The quantitative estimate of drug-likeness (QED) is 0.566. The number of nitrogens with zero attached hydrogens (tertiary/aromatic N) is 3. The minimum atomic E-state index is -0.0774. The number of piperidine rings is 1. The van der Waals surface area contributed by atoms with Crippen molar-refractivity contribution in [2.75, 3.05) is 25.0 Å². The van der Waals surface area contributed by atoms with E-state index in [1.807, 2.05) is 37.3 Å². The SMILES string of the molecule is Cc1c(C#N)c(NC(=O)CN2CCC(NC(=O)CCc3ccccc3)CC2)n(C2CCCCC2)c1C. The van der Waals surface area contributed by atoms with Crippen molar-refractivity contribution in [2.24, 2.45) is 0 Å². The molecule has 1 saturated carbocycles. The lowest BCUT2D eigenvalue weighted by Crippen LogP contribution is -2.46. The molecule has 7 heteroatoms. The summed E-state index contributed by atoms with van der Waals surface area (Å²) in [6, 6.07) is 12.9. The van der Waals surface area contributed by atoms with E-state index in [4.69, 9.17) is 0 Å². The molecule has 0 radical (unpaired) electrons. The zero-order valence-corrected chi connectivity index (χ0v) is 21.7. The van der Waals surface area contributed by atoms with Crippen molar-refractivity contribution < 1.29 is 9.59 Å². The van der Waals surface area contributed by atoms with Crippen molar-refractivity contribution in [1.82, 2.24) is 14.8 Å². The smallest absolute Gasteiger partial charge is 0.239 e. The standard InChI is InChI=1S/C29H39N5O2/c1-21-22(2)34(25-11-7-4-8-12-25)29(26(21)19-30)32-28(36)20-33-17-15-24(16-18-33)31-27(35)14-13-23-9-5-3-6-10-23/h3,5-6,9-10,24-25H,4,7-8,11-18,20H2,1-2H3,(H,31,35)(H,32,36). The zero-order chi connectivity index (χ0) is 25.5.